The Morgan fingerprint density at radius 3 is 2.77 bits per heavy atom. The molecular formula is C23H23N5O2. The standard InChI is InChI=1S/C23H23N5O2/c1-15-7-6-14-28-21(16(2)26-22(15)28)23(30)25-13-5-11-19(29)27-18-10-3-8-17-9-4-12-24-20(17)18/h3-4,6-10,12,14H,5,11,13H2,1-2H3,(H,25,30)(H,27,29). The molecule has 0 atom stereocenters. The third-order valence-corrected chi connectivity index (χ3v) is 5.01. The smallest absolute Gasteiger partial charge is 0.270 e. The molecule has 7 heteroatoms. The van der Waals surface area contributed by atoms with Gasteiger partial charge in [-0.25, -0.2) is 4.98 Å². The molecule has 0 aliphatic rings. The van der Waals surface area contributed by atoms with E-state index in [0.717, 1.165) is 22.1 Å². The number of amides is 2. The molecule has 0 saturated carbocycles. The Hall–Kier alpha value is -3.74. The molecule has 0 radical (unpaired) electrons. The van der Waals surface area contributed by atoms with E-state index in [4.69, 9.17) is 0 Å². The molecule has 152 valence electrons. The Kier molecular flexibility index (Phi) is 5.43. The van der Waals surface area contributed by atoms with Crippen LogP contribution in [0.2, 0.25) is 0 Å². The Balaban J connectivity index is 1.33. The Bertz CT molecular complexity index is 1240. The Morgan fingerprint density at radius 2 is 1.90 bits per heavy atom. The molecule has 0 aliphatic heterocycles. The van der Waals surface area contributed by atoms with Crippen LogP contribution in [-0.4, -0.2) is 32.7 Å². The number of carbonyl (C=O) groups is 2. The fourth-order valence-corrected chi connectivity index (χ4v) is 3.54. The SMILES string of the molecule is Cc1nc2c(C)cccn2c1C(=O)NCCCC(=O)Nc1cccc2cccnc12. The number of imidazole rings is 1. The van der Waals surface area contributed by atoms with Crippen molar-refractivity contribution >= 4 is 34.1 Å². The molecule has 7 nitrogen and oxygen atoms in total. The molecule has 4 aromatic rings. The van der Waals surface area contributed by atoms with Crippen molar-refractivity contribution in [2.45, 2.75) is 26.7 Å². The van der Waals surface area contributed by atoms with E-state index in [-0.39, 0.29) is 11.8 Å². The maximum absolute atomic E-state index is 12.7. The second-order valence-electron chi connectivity index (χ2n) is 7.22. The van der Waals surface area contributed by atoms with E-state index in [0.29, 0.717) is 36.5 Å². The molecule has 3 aromatic heterocycles. The van der Waals surface area contributed by atoms with Crippen molar-refractivity contribution in [3.63, 3.8) is 0 Å². The van der Waals surface area contributed by atoms with Crippen molar-refractivity contribution < 1.29 is 9.59 Å². The van der Waals surface area contributed by atoms with E-state index in [9.17, 15) is 9.59 Å². The minimum absolute atomic E-state index is 0.107. The number of pyridine rings is 2. The summed E-state index contributed by atoms with van der Waals surface area (Å²) < 4.78 is 1.81. The van der Waals surface area contributed by atoms with Crippen LogP contribution in [-0.2, 0) is 4.79 Å². The van der Waals surface area contributed by atoms with Gasteiger partial charge in [-0.2, -0.15) is 0 Å². The lowest BCUT2D eigenvalue weighted by Crippen LogP contribution is -2.27. The predicted octanol–water partition coefficient (Wildman–Crippen LogP) is 3.65. The van der Waals surface area contributed by atoms with Crippen LogP contribution in [0.4, 0.5) is 5.69 Å². The fourth-order valence-electron chi connectivity index (χ4n) is 3.54. The van der Waals surface area contributed by atoms with E-state index in [1.807, 2.05) is 62.5 Å². The number of aryl methyl sites for hydroxylation is 2. The first kappa shape index (κ1) is 19.6. The highest BCUT2D eigenvalue weighted by Crippen LogP contribution is 2.21. The highest BCUT2D eigenvalue weighted by molar-refractivity contribution is 6.00. The Labute approximate surface area is 174 Å². The zero-order valence-electron chi connectivity index (χ0n) is 17.0. The van der Waals surface area contributed by atoms with Gasteiger partial charge in [0.1, 0.15) is 11.3 Å². The fraction of sp³-hybridized carbons (Fsp3) is 0.217. The number of hydrogen-bond donors (Lipinski definition) is 2. The second kappa shape index (κ2) is 8.32. The van der Waals surface area contributed by atoms with E-state index in [1.54, 1.807) is 10.6 Å². The molecular weight excluding hydrogens is 378 g/mol. The molecule has 0 fully saturated rings. The number of anilines is 1. The number of carbonyl (C=O) groups excluding carboxylic acids is 2. The number of benzene rings is 1. The van der Waals surface area contributed by atoms with Crippen LogP contribution in [0.1, 0.15) is 34.6 Å². The van der Waals surface area contributed by atoms with Gasteiger partial charge in [0, 0.05) is 30.7 Å². The van der Waals surface area contributed by atoms with Crippen molar-refractivity contribution in [3.05, 3.63) is 71.8 Å². The minimum atomic E-state index is -0.190. The number of rotatable bonds is 6. The maximum Gasteiger partial charge on any atom is 0.270 e. The van der Waals surface area contributed by atoms with Crippen LogP contribution in [0.15, 0.2) is 54.9 Å². The summed E-state index contributed by atoms with van der Waals surface area (Å²) >= 11 is 0. The lowest BCUT2D eigenvalue weighted by Gasteiger charge is -2.09. The van der Waals surface area contributed by atoms with Crippen LogP contribution in [0.5, 0.6) is 0 Å². The van der Waals surface area contributed by atoms with Gasteiger partial charge in [0.05, 0.1) is 16.9 Å². The van der Waals surface area contributed by atoms with Gasteiger partial charge in [0.2, 0.25) is 5.91 Å². The molecule has 2 N–H and O–H groups in total. The van der Waals surface area contributed by atoms with Crippen LogP contribution in [0.25, 0.3) is 16.6 Å². The maximum atomic E-state index is 12.7. The molecule has 2 amide bonds. The molecule has 0 saturated heterocycles. The van der Waals surface area contributed by atoms with Gasteiger partial charge in [-0.05, 0) is 44.0 Å². The average molecular weight is 401 g/mol. The van der Waals surface area contributed by atoms with E-state index in [1.165, 1.54) is 0 Å². The summed E-state index contributed by atoms with van der Waals surface area (Å²) in [5.41, 5.74) is 4.46. The monoisotopic (exact) mass is 401 g/mol. The topological polar surface area (TPSA) is 88.4 Å². The summed E-state index contributed by atoms with van der Waals surface area (Å²) in [6.07, 6.45) is 4.37. The van der Waals surface area contributed by atoms with Crippen molar-refractivity contribution in [1.29, 1.82) is 0 Å². The Morgan fingerprint density at radius 1 is 1.07 bits per heavy atom. The molecule has 0 unspecified atom stereocenters. The lowest BCUT2D eigenvalue weighted by molar-refractivity contribution is -0.116. The van der Waals surface area contributed by atoms with Gasteiger partial charge in [0.15, 0.2) is 0 Å². The molecule has 0 spiro atoms. The zero-order chi connectivity index (χ0) is 21.1. The quantitative estimate of drug-likeness (QED) is 0.483. The van der Waals surface area contributed by atoms with E-state index >= 15 is 0 Å². The number of hydrogen-bond acceptors (Lipinski definition) is 4. The summed E-state index contributed by atoms with van der Waals surface area (Å²) in [5, 5.41) is 6.78. The van der Waals surface area contributed by atoms with Crippen LogP contribution in [0.3, 0.4) is 0 Å². The van der Waals surface area contributed by atoms with Gasteiger partial charge in [-0.1, -0.05) is 24.3 Å². The first-order valence-corrected chi connectivity index (χ1v) is 9.90. The third-order valence-electron chi connectivity index (χ3n) is 5.01. The average Bonchev–Trinajstić information content (AvgIpc) is 3.09. The van der Waals surface area contributed by atoms with Crippen molar-refractivity contribution in [2.75, 3.05) is 11.9 Å². The van der Waals surface area contributed by atoms with E-state index in [2.05, 4.69) is 20.6 Å². The van der Waals surface area contributed by atoms with Crippen LogP contribution >= 0.6 is 0 Å². The number of para-hydroxylation sites is 1. The summed E-state index contributed by atoms with van der Waals surface area (Å²) in [4.78, 5) is 33.8. The van der Waals surface area contributed by atoms with Crippen molar-refractivity contribution in [2.24, 2.45) is 0 Å². The van der Waals surface area contributed by atoms with Gasteiger partial charge in [0.25, 0.3) is 5.91 Å². The normalized spacial score (nSPS) is 11.0. The van der Waals surface area contributed by atoms with Crippen molar-refractivity contribution in [1.82, 2.24) is 19.7 Å². The first-order valence-electron chi connectivity index (χ1n) is 9.90. The zero-order valence-corrected chi connectivity index (χ0v) is 17.0. The van der Waals surface area contributed by atoms with Crippen LogP contribution in [0, 0.1) is 13.8 Å². The van der Waals surface area contributed by atoms with Gasteiger partial charge in [-0.15, -0.1) is 0 Å². The van der Waals surface area contributed by atoms with Crippen LogP contribution < -0.4 is 10.6 Å². The summed E-state index contributed by atoms with van der Waals surface area (Å²) in [6, 6.07) is 13.4. The minimum Gasteiger partial charge on any atom is -0.351 e. The number of nitrogens with zero attached hydrogens (tertiary/aromatic N) is 3. The summed E-state index contributed by atoms with van der Waals surface area (Å²) in [7, 11) is 0. The molecule has 3 heterocycles. The van der Waals surface area contributed by atoms with E-state index < -0.39 is 0 Å². The van der Waals surface area contributed by atoms with Crippen molar-refractivity contribution in [3.8, 4) is 0 Å². The number of aromatic nitrogens is 3. The molecule has 1 aromatic carbocycles. The molecule has 30 heavy (non-hydrogen) atoms. The predicted molar refractivity (Wildman–Crippen MR) is 117 cm³/mol. The highest BCUT2D eigenvalue weighted by atomic mass is 16.2. The van der Waals surface area contributed by atoms with Gasteiger partial charge in [-0.3, -0.25) is 19.0 Å². The van der Waals surface area contributed by atoms with Gasteiger partial charge < -0.3 is 10.6 Å². The summed E-state index contributed by atoms with van der Waals surface area (Å²) in [6.45, 7) is 4.19. The molecule has 0 aliphatic carbocycles. The first-order chi connectivity index (χ1) is 14.5. The summed E-state index contributed by atoms with van der Waals surface area (Å²) in [5.74, 6) is -0.298. The van der Waals surface area contributed by atoms with Gasteiger partial charge >= 0.3 is 0 Å². The second-order valence-corrected chi connectivity index (χ2v) is 7.22. The molecule has 0 bridgehead atoms. The highest BCUT2D eigenvalue weighted by Gasteiger charge is 2.17. The third kappa shape index (κ3) is 3.87. The largest absolute Gasteiger partial charge is 0.351 e. The lowest BCUT2D eigenvalue weighted by atomic mass is 10.2. The number of fused-ring (bicyclic) bond motifs is 2. The number of nitrogens with one attached hydrogen (secondary N) is 2. The molecule has 4 rings (SSSR count).